The minimum absolute atomic E-state index is 0.483. The number of aromatic nitrogens is 1. The fourth-order valence-electron chi connectivity index (χ4n) is 3.96. The molecule has 0 unspecified atom stereocenters. The highest BCUT2D eigenvalue weighted by Crippen LogP contribution is 2.37. The first kappa shape index (κ1) is 16.8. The maximum absolute atomic E-state index is 9.61. The molecule has 2 N–H and O–H groups in total. The first-order valence-corrected chi connectivity index (χ1v) is 9.28. The van der Waals surface area contributed by atoms with Crippen molar-refractivity contribution >= 4 is 34.4 Å². The largest absolute Gasteiger partial charge is 0.488 e. The third kappa shape index (κ3) is 2.62. The van der Waals surface area contributed by atoms with Crippen LogP contribution in [0.4, 0.5) is 0 Å². The van der Waals surface area contributed by atoms with Gasteiger partial charge in [0.05, 0.1) is 11.0 Å². The van der Waals surface area contributed by atoms with E-state index < -0.39 is 7.12 Å². The molecule has 3 nitrogen and oxygen atoms in total. The van der Waals surface area contributed by atoms with Crippen LogP contribution in [0.15, 0.2) is 97.1 Å². The Balaban J connectivity index is 1.91. The summed E-state index contributed by atoms with van der Waals surface area (Å²) >= 11 is 0. The van der Waals surface area contributed by atoms with Crippen LogP contribution in [0.5, 0.6) is 0 Å². The van der Waals surface area contributed by atoms with Crippen LogP contribution in [0.3, 0.4) is 0 Å². The van der Waals surface area contributed by atoms with Crippen LogP contribution in [-0.4, -0.2) is 21.7 Å². The highest BCUT2D eigenvalue weighted by Gasteiger charge is 2.17. The summed E-state index contributed by atoms with van der Waals surface area (Å²) in [7, 11) is -1.49. The van der Waals surface area contributed by atoms with E-state index in [4.69, 9.17) is 0 Å². The van der Waals surface area contributed by atoms with Gasteiger partial charge in [-0.3, -0.25) is 0 Å². The van der Waals surface area contributed by atoms with Gasteiger partial charge in [-0.2, -0.15) is 0 Å². The fraction of sp³-hybridized carbons (Fsp3) is 0. The van der Waals surface area contributed by atoms with Crippen molar-refractivity contribution in [3.63, 3.8) is 0 Å². The van der Waals surface area contributed by atoms with Gasteiger partial charge in [-0.25, -0.2) is 0 Å². The van der Waals surface area contributed by atoms with Crippen LogP contribution in [-0.2, 0) is 0 Å². The lowest BCUT2D eigenvalue weighted by Crippen LogP contribution is -2.29. The molecule has 0 aliphatic heterocycles. The van der Waals surface area contributed by atoms with Crippen LogP contribution in [0.1, 0.15) is 0 Å². The maximum atomic E-state index is 9.61. The zero-order chi connectivity index (χ0) is 19.1. The van der Waals surface area contributed by atoms with Gasteiger partial charge in [0.25, 0.3) is 0 Å². The second kappa shape index (κ2) is 6.68. The highest BCUT2D eigenvalue weighted by molar-refractivity contribution is 6.58. The van der Waals surface area contributed by atoms with Gasteiger partial charge in [0.15, 0.2) is 0 Å². The molecular formula is C24H18BNO2. The lowest BCUT2D eigenvalue weighted by Gasteiger charge is -2.12. The average Bonchev–Trinajstić information content (AvgIpc) is 3.09. The Hall–Kier alpha value is -3.34. The van der Waals surface area contributed by atoms with E-state index in [0.717, 1.165) is 27.8 Å². The van der Waals surface area contributed by atoms with E-state index in [1.54, 1.807) is 6.07 Å². The summed E-state index contributed by atoms with van der Waals surface area (Å²) < 4.78 is 2.28. The second-order valence-corrected chi connectivity index (χ2v) is 6.89. The summed E-state index contributed by atoms with van der Waals surface area (Å²) in [5.74, 6) is 0. The number of benzene rings is 4. The third-order valence-corrected chi connectivity index (χ3v) is 5.20. The van der Waals surface area contributed by atoms with Crippen molar-refractivity contribution in [2.75, 3.05) is 0 Å². The molecule has 0 radical (unpaired) electrons. The standard InChI is InChI=1S/C24H18BNO2/c27-25(28)18-9-6-8-17(16-18)20-13-7-14-22-21-12-4-5-15-23(21)26(24(20)22)19-10-2-1-3-11-19/h1-16,27-28H. The summed E-state index contributed by atoms with van der Waals surface area (Å²) in [5.41, 5.74) is 5.85. The SMILES string of the molecule is OB(O)c1cccc(-c2cccc3c4ccccc4n(-c4ccccc4)c23)c1. The molecule has 0 spiro atoms. The van der Waals surface area contributed by atoms with Gasteiger partial charge in [-0.1, -0.05) is 78.9 Å². The quantitative estimate of drug-likeness (QED) is 0.474. The van der Waals surface area contributed by atoms with Crippen LogP contribution < -0.4 is 5.46 Å². The summed E-state index contributed by atoms with van der Waals surface area (Å²) in [4.78, 5) is 0. The molecule has 0 atom stereocenters. The Labute approximate surface area is 163 Å². The first-order valence-electron chi connectivity index (χ1n) is 9.28. The van der Waals surface area contributed by atoms with E-state index in [0.29, 0.717) is 5.46 Å². The van der Waals surface area contributed by atoms with E-state index in [1.165, 1.54) is 10.8 Å². The second-order valence-electron chi connectivity index (χ2n) is 6.89. The van der Waals surface area contributed by atoms with Crippen LogP contribution in [0.25, 0.3) is 38.6 Å². The molecular weight excluding hydrogens is 345 g/mol. The van der Waals surface area contributed by atoms with Crippen LogP contribution >= 0.6 is 0 Å². The van der Waals surface area contributed by atoms with Crippen molar-refractivity contribution in [2.45, 2.75) is 0 Å². The topological polar surface area (TPSA) is 45.4 Å². The Kier molecular flexibility index (Phi) is 4.01. The zero-order valence-corrected chi connectivity index (χ0v) is 15.2. The number of nitrogens with zero attached hydrogens (tertiary/aromatic N) is 1. The smallest absolute Gasteiger partial charge is 0.423 e. The number of para-hydroxylation sites is 3. The highest BCUT2D eigenvalue weighted by atomic mass is 16.4. The molecule has 0 amide bonds. The molecule has 0 aliphatic carbocycles. The molecule has 1 aromatic heterocycles. The Bertz CT molecular complexity index is 1290. The van der Waals surface area contributed by atoms with Gasteiger partial charge in [0.1, 0.15) is 0 Å². The van der Waals surface area contributed by atoms with Gasteiger partial charge in [0, 0.05) is 22.0 Å². The summed E-state index contributed by atoms with van der Waals surface area (Å²) in [6, 6.07) is 32.4. The van der Waals surface area contributed by atoms with Crippen LogP contribution in [0.2, 0.25) is 0 Å². The predicted molar refractivity (Wildman–Crippen MR) is 116 cm³/mol. The lowest BCUT2D eigenvalue weighted by atomic mass is 9.79. The van der Waals surface area contributed by atoms with E-state index in [-0.39, 0.29) is 0 Å². The fourth-order valence-corrected chi connectivity index (χ4v) is 3.96. The minimum Gasteiger partial charge on any atom is -0.423 e. The normalized spacial score (nSPS) is 11.2. The third-order valence-electron chi connectivity index (χ3n) is 5.20. The number of fused-ring (bicyclic) bond motifs is 3. The number of rotatable bonds is 3. The van der Waals surface area contributed by atoms with Crippen molar-refractivity contribution < 1.29 is 10.0 Å². The van der Waals surface area contributed by atoms with E-state index in [2.05, 4.69) is 59.2 Å². The van der Waals surface area contributed by atoms with Crippen molar-refractivity contribution in [2.24, 2.45) is 0 Å². The van der Waals surface area contributed by atoms with Gasteiger partial charge < -0.3 is 14.6 Å². The molecule has 0 saturated heterocycles. The van der Waals surface area contributed by atoms with Crippen LogP contribution in [0, 0.1) is 0 Å². The summed E-state index contributed by atoms with van der Waals surface area (Å²) in [5, 5.41) is 21.6. The average molecular weight is 363 g/mol. The van der Waals surface area contributed by atoms with Gasteiger partial charge in [-0.15, -0.1) is 0 Å². The summed E-state index contributed by atoms with van der Waals surface area (Å²) in [6.07, 6.45) is 0. The molecule has 4 aromatic carbocycles. The lowest BCUT2D eigenvalue weighted by molar-refractivity contribution is 0.426. The molecule has 5 aromatic rings. The number of hydrogen-bond donors (Lipinski definition) is 2. The van der Waals surface area contributed by atoms with Gasteiger partial charge >= 0.3 is 7.12 Å². The summed E-state index contributed by atoms with van der Waals surface area (Å²) in [6.45, 7) is 0. The Morgan fingerprint density at radius 3 is 2.18 bits per heavy atom. The molecule has 0 aliphatic rings. The zero-order valence-electron chi connectivity index (χ0n) is 15.2. The maximum Gasteiger partial charge on any atom is 0.488 e. The van der Waals surface area contributed by atoms with Gasteiger partial charge in [-0.05, 0) is 29.2 Å². The van der Waals surface area contributed by atoms with E-state index in [1.807, 2.05) is 36.4 Å². The van der Waals surface area contributed by atoms with Crippen molar-refractivity contribution in [1.82, 2.24) is 4.57 Å². The van der Waals surface area contributed by atoms with Crippen molar-refractivity contribution in [3.8, 4) is 16.8 Å². The first-order chi connectivity index (χ1) is 13.7. The molecule has 5 rings (SSSR count). The molecule has 0 saturated carbocycles. The molecule has 134 valence electrons. The molecule has 0 fully saturated rings. The van der Waals surface area contributed by atoms with Crippen molar-refractivity contribution in [1.29, 1.82) is 0 Å². The van der Waals surface area contributed by atoms with Crippen molar-refractivity contribution in [3.05, 3.63) is 97.1 Å². The number of hydrogen-bond acceptors (Lipinski definition) is 2. The van der Waals surface area contributed by atoms with E-state index >= 15 is 0 Å². The van der Waals surface area contributed by atoms with Gasteiger partial charge in [0.2, 0.25) is 0 Å². The molecule has 0 bridgehead atoms. The monoisotopic (exact) mass is 363 g/mol. The minimum atomic E-state index is -1.49. The molecule has 4 heteroatoms. The Morgan fingerprint density at radius 2 is 1.36 bits per heavy atom. The predicted octanol–water partition coefficient (Wildman–Crippen LogP) is 4.13. The molecule has 1 heterocycles. The Morgan fingerprint density at radius 1 is 0.643 bits per heavy atom. The molecule has 28 heavy (non-hydrogen) atoms. The van der Waals surface area contributed by atoms with E-state index in [9.17, 15) is 10.0 Å².